The number of nitrogens with zero attached hydrogens (tertiary/aromatic N) is 3. The molecule has 208 valence electrons. The number of fused-ring (bicyclic) bond motifs is 1. The fourth-order valence-electron chi connectivity index (χ4n) is 5.73. The van der Waals surface area contributed by atoms with Crippen LogP contribution in [0.25, 0.3) is 0 Å². The monoisotopic (exact) mass is 523 g/mol. The van der Waals surface area contributed by atoms with Gasteiger partial charge >= 0.3 is 6.09 Å². The first kappa shape index (κ1) is 28.5. The fourth-order valence-corrected chi connectivity index (χ4v) is 5.73. The normalized spacial score (nSPS) is 21.0. The van der Waals surface area contributed by atoms with Crippen molar-refractivity contribution < 1.29 is 14.3 Å². The number of hydrogen-bond donors (Lipinski definition) is 2. The summed E-state index contributed by atoms with van der Waals surface area (Å²) in [7, 11) is 0. The van der Waals surface area contributed by atoms with Gasteiger partial charge in [0.1, 0.15) is 6.61 Å². The van der Waals surface area contributed by atoms with Crippen LogP contribution in [0.2, 0.25) is 0 Å². The minimum Gasteiger partial charge on any atom is -0.445 e. The lowest BCUT2D eigenvalue weighted by Crippen LogP contribution is -2.45. The van der Waals surface area contributed by atoms with E-state index in [1.54, 1.807) is 0 Å². The zero-order chi connectivity index (χ0) is 26.6. The van der Waals surface area contributed by atoms with E-state index in [1.807, 2.05) is 47.5 Å². The first-order chi connectivity index (χ1) is 18.7. The Morgan fingerprint density at radius 2 is 1.87 bits per heavy atom. The molecule has 0 saturated carbocycles. The van der Waals surface area contributed by atoms with Crippen LogP contribution in [0.5, 0.6) is 0 Å². The maximum Gasteiger partial charge on any atom is 0.410 e. The van der Waals surface area contributed by atoms with E-state index in [0.29, 0.717) is 26.2 Å². The van der Waals surface area contributed by atoms with E-state index in [0.717, 1.165) is 70.0 Å². The summed E-state index contributed by atoms with van der Waals surface area (Å²) in [5.41, 5.74) is 15.0. The van der Waals surface area contributed by atoms with Crippen molar-refractivity contribution >= 4 is 6.09 Å². The van der Waals surface area contributed by atoms with Gasteiger partial charge in [0.05, 0.1) is 30.4 Å². The summed E-state index contributed by atoms with van der Waals surface area (Å²) in [5, 5.41) is 0. The maximum atomic E-state index is 13.4. The molecule has 1 aromatic carbocycles. The minimum absolute atomic E-state index is 0.00436. The van der Waals surface area contributed by atoms with Crippen molar-refractivity contribution in [3.63, 3.8) is 0 Å². The smallest absolute Gasteiger partial charge is 0.410 e. The molecule has 8 nitrogen and oxygen atoms in total. The number of nitrogens with two attached hydrogens (primary N) is 2. The van der Waals surface area contributed by atoms with Crippen LogP contribution in [0, 0.1) is 0 Å². The predicted octanol–water partition coefficient (Wildman–Crippen LogP) is 4.04. The Balaban J connectivity index is 1.48. The Labute approximate surface area is 227 Å². The van der Waals surface area contributed by atoms with E-state index in [4.69, 9.17) is 25.9 Å². The molecule has 1 aliphatic carbocycles. The molecule has 1 unspecified atom stereocenters. The second kappa shape index (κ2) is 15.2. The van der Waals surface area contributed by atoms with E-state index >= 15 is 0 Å². The topological polar surface area (TPSA) is 107 Å². The Hall–Kier alpha value is -2.52. The number of pyridine rings is 1. The highest BCUT2D eigenvalue weighted by Crippen LogP contribution is 2.34. The van der Waals surface area contributed by atoms with Crippen LogP contribution in [0.3, 0.4) is 0 Å². The van der Waals surface area contributed by atoms with Gasteiger partial charge < -0.3 is 25.8 Å². The number of hydrogen-bond acceptors (Lipinski definition) is 7. The third kappa shape index (κ3) is 7.99. The van der Waals surface area contributed by atoms with Crippen LogP contribution in [0.1, 0.15) is 67.8 Å². The summed E-state index contributed by atoms with van der Waals surface area (Å²) < 4.78 is 12.0. The summed E-state index contributed by atoms with van der Waals surface area (Å²) in [6.45, 7) is 4.55. The fraction of sp³-hybridized carbons (Fsp3) is 0.600. The number of carbonyl (C=O) groups excluding carboxylic acids is 1. The van der Waals surface area contributed by atoms with E-state index in [2.05, 4.69) is 11.0 Å². The molecule has 1 fully saturated rings. The molecule has 2 aromatic rings. The first-order valence-electron chi connectivity index (χ1n) is 14.4. The number of likely N-dealkylation sites (tertiary alicyclic amines) is 1. The summed E-state index contributed by atoms with van der Waals surface area (Å²) in [6.07, 6.45) is 9.65. The summed E-state index contributed by atoms with van der Waals surface area (Å²) in [5.74, 6) is 0. The number of benzene rings is 1. The van der Waals surface area contributed by atoms with Crippen LogP contribution in [0.4, 0.5) is 4.79 Å². The third-order valence-electron chi connectivity index (χ3n) is 7.72. The predicted molar refractivity (Wildman–Crippen MR) is 150 cm³/mol. The van der Waals surface area contributed by atoms with Crippen molar-refractivity contribution in [1.29, 1.82) is 0 Å². The molecule has 8 heteroatoms. The molecule has 0 bridgehead atoms. The molecule has 4 N–H and O–H groups in total. The van der Waals surface area contributed by atoms with Crippen LogP contribution in [-0.2, 0) is 22.5 Å². The number of unbranched alkanes of at least 4 members (excludes halogenated alkanes) is 2. The Morgan fingerprint density at radius 3 is 2.68 bits per heavy atom. The van der Waals surface area contributed by atoms with Crippen molar-refractivity contribution in [2.45, 2.75) is 76.2 Å². The maximum absolute atomic E-state index is 13.4. The lowest BCUT2D eigenvalue weighted by atomic mass is 9.90. The molecule has 3 atom stereocenters. The lowest BCUT2D eigenvalue weighted by molar-refractivity contribution is 0.0515. The number of aryl methyl sites for hydroxylation is 1. The van der Waals surface area contributed by atoms with Gasteiger partial charge in [-0.3, -0.25) is 9.88 Å². The summed E-state index contributed by atoms with van der Waals surface area (Å²) in [4.78, 5) is 22.6. The Morgan fingerprint density at radius 1 is 1.05 bits per heavy atom. The van der Waals surface area contributed by atoms with Crippen molar-refractivity contribution in [2.24, 2.45) is 11.5 Å². The van der Waals surface area contributed by atoms with Crippen LogP contribution in [0.15, 0.2) is 48.7 Å². The van der Waals surface area contributed by atoms with Crippen LogP contribution >= 0.6 is 0 Å². The number of carbonyl (C=O) groups is 1. The quantitative estimate of drug-likeness (QED) is 0.360. The van der Waals surface area contributed by atoms with Gasteiger partial charge in [-0.2, -0.15) is 0 Å². The zero-order valence-electron chi connectivity index (χ0n) is 22.7. The van der Waals surface area contributed by atoms with Crippen molar-refractivity contribution in [3.05, 3.63) is 65.5 Å². The van der Waals surface area contributed by atoms with Crippen LogP contribution < -0.4 is 11.5 Å². The highest BCUT2D eigenvalue weighted by Gasteiger charge is 2.39. The van der Waals surface area contributed by atoms with E-state index in [1.165, 1.54) is 11.3 Å². The van der Waals surface area contributed by atoms with Gasteiger partial charge in [-0.1, -0.05) is 36.4 Å². The number of aromatic nitrogens is 1. The van der Waals surface area contributed by atoms with Gasteiger partial charge in [-0.15, -0.1) is 0 Å². The molecule has 2 heterocycles. The second-order valence-electron chi connectivity index (χ2n) is 10.5. The van der Waals surface area contributed by atoms with Crippen molar-refractivity contribution in [3.8, 4) is 0 Å². The van der Waals surface area contributed by atoms with Gasteiger partial charge in [-0.25, -0.2) is 4.79 Å². The van der Waals surface area contributed by atoms with Crippen molar-refractivity contribution in [1.82, 2.24) is 14.8 Å². The van der Waals surface area contributed by atoms with Gasteiger partial charge in [0.25, 0.3) is 0 Å². The Kier molecular flexibility index (Phi) is 11.4. The molecule has 1 saturated heterocycles. The molecule has 4 rings (SSSR count). The zero-order valence-corrected chi connectivity index (χ0v) is 22.7. The largest absolute Gasteiger partial charge is 0.445 e. The van der Waals surface area contributed by atoms with Gasteiger partial charge in [0.15, 0.2) is 0 Å². The van der Waals surface area contributed by atoms with Gasteiger partial charge in [0.2, 0.25) is 0 Å². The first-order valence-corrected chi connectivity index (χ1v) is 14.4. The van der Waals surface area contributed by atoms with Crippen molar-refractivity contribution in [2.75, 3.05) is 39.3 Å². The average molecular weight is 524 g/mol. The molecule has 0 radical (unpaired) electrons. The van der Waals surface area contributed by atoms with Crippen LogP contribution in [-0.4, -0.2) is 72.4 Å². The average Bonchev–Trinajstić information content (AvgIpc) is 3.36. The molecular weight excluding hydrogens is 478 g/mol. The molecule has 38 heavy (non-hydrogen) atoms. The van der Waals surface area contributed by atoms with E-state index in [-0.39, 0.29) is 30.9 Å². The van der Waals surface area contributed by atoms with Gasteiger partial charge in [0, 0.05) is 19.3 Å². The van der Waals surface area contributed by atoms with E-state index < -0.39 is 0 Å². The minimum atomic E-state index is -0.268. The SMILES string of the molecule is NCCCCOC1C[C@@H](CN(CCCCN)[C@H]2CCCc3cccnc32)N(C(=O)OCc2ccccc2)C1. The molecule has 0 spiro atoms. The number of rotatable bonds is 14. The molecule has 1 amide bonds. The highest BCUT2D eigenvalue weighted by atomic mass is 16.6. The number of amides is 1. The Bertz CT molecular complexity index is 975. The highest BCUT2D eigenvalue weighted by molar-refractivity contribution is 5.68. The lowest BCUT2D eigenvalue weighted by Gasteiger charge is -2.38. The molecular formula is C30H45N5O3. The second-order valence-corrected chi connectivity index (χ2v) is 10.5. The summed E-state index contributed by atoms with van der Waals surface area (Å²) >= 11 is 0. The molecule has 1 aliphatic heterocycles. The summed E-state index contributed by atoms with van der Waals surface area (Å²) in [6, 6.07) is 14.4. The molecule has 2 aliphatic rings. The third-order valence-corrected chi connectivity index (χ3v) is 7.72. The number of ether oxygens (including phenoxy) is 2. The van der Waals surface area contributed by atoms with Gasteiger partial charge in [-0.05, 0) is 88.2 Å². The standard InChI is InChI=1S/C30H45N5O3/c31-15-4-6-18-34(28-14-8-12-25-13-9-17-33-29(25)28)21-26-20-27(37-19-7-5-16-32)22-35(26)30(36)38-23-24-10-2-1-3-11-24/h1-3,9-11,13,17,26-28H,4-8,12,14-16,18-23,31-32H2/t26-,27?,28-/m0/s1. The van der Waals surface area contributed by atoms with E-state index in [9.17, 15) is 4.79 Å². The molecule has 1 aromatic heterocycles.